The van der Waals surface area contributed by atoms with Crippen LogP contribution >= 0.6 is 0 Å². The standard InChI is InChI=1S/C9H21N.2C2H6/c1-5-7-8-9(3)10(4)6-2;2*1-2/h9H,5-8H2,1-4H3;2*1-2H3. The van der Waals surface area contributed by atoms with E-state index in [1.807, 2.05) is 27.7 Å². The van der Waals surface area contributed by atoms with Crippen LogP contribution in [0.25, 0.3) is 0 Å². The molecular weight excluding hydrogens is 170 g/mol. The summed E-state index contributed by atoms with van der Waals surface area (Å²) in [6, 6.07) is 0.768. The molecule has 0 heterocycles. The topological polar surface area (TPSA) is 3.24 Å². The zero-order chi connectivity index (χ0) is 12.0. The van der Waals surface area contributed by atoms with Crippen molar-refractivity contribution in [3.05, 3.63) is 0 Å². The Hall–Kier alpha value is -0.0400. The van der Waals surface area contributed by atoms with Crippen molar-refractivity contribution in [2.45, 2.75) is 73.8 Å². The van der Waals surface area contributed by atoms with Crippen LogP contribution in [0, 0.1) is 0 Å². The fourth-order valence-corrected chi connectivity index (χ4v) is 1.03. The zero-order valence-corrected chi connectivity index (χ0v) is 11.9. The molecule has 0 radical (unpaired) electrons. The first-order valence-electron chi connectivity index (χ1n) is 6.42. The minimum atomic E-state index is 0.768. The maximum atomic E-state index is 2.40. The molecule has 14 heavy (non-hydrogen) atoms. The van der Waals surface area contributed by atoms with Crippen molar-refractivity contribution < 1.29 is 0 Å². The molecule has 0 aromatic heterocycles. The predicted octanol–water partition coefficient (Wildman–Crippen LogP) is 4.57. The van der Waals surface area contributed by atoms with Gasteiger partial charge in [-0.25, -0.2) is 0 Å². The Balaban J connectivity index is -0.000000266. The van der Waals surface area contributed by atoms with Crippen molar-refractivity contribution in [1.29, 1.82) is 0 Å². The Kier molecular flexibility index (Phi) is 26.1. The van der Waals surface area contributed by atoms with E-state index in [0.29, 0.717) is 0 Å². The highest BCUT2D eigenvalue weighted by molar-refractivity contribution is 4.60. The van der Waals surface area contributed by atoms with E-state index in [1.54, 1.807) is 0 Å². The molecule has 0 N–H and O–H groups in total. The van der Waals surface area contributed by atoms with E-state index in [2.05, 4.69) is 32.7 Å². The fraction of sp³-hybridized carbons (Fsp3) is 1.00. The summed E-state index contributed by atoms with van der Waals surface area (Å²) in [7, 11) is 2.19. The highest BCUT2D eigenvalue weighted by Gasteiger charge is 2.04. The molecule has 0 aromatic carbocycles. The van der Waals surface area contributed by atoms with Crippen molar-refractivity contribution in [2.24, 2.45) is 0 Å². The lowest BCUT2D eigenvalue weighted by Crippen LogP contribution is -2.28. The summed E-state index contributed by atoms with van der Waals surface area (Å²) in [5, 5.41) is 0. The smallest absolute Gasteiger partial charge is 0.00637 e. The SMILES string of the molecule is CC.CC.CCCCC(C)N(C)CC. The normalized spacial score (nSPS) is 10.9. The third-order valence-corrected chi connectivity index (χ3v) is 2.23. The third kappa shape index (κ3) is 14.5. The fourth-order valence-electron chi connectivity index (χ4n) is 1.03. The Bertz CT molecular complexity index is 71.6. The zero-order valence-electron chi connectivity index (χ0n) is 11.9. The van der Waals surface area contributed by atoms with Gasteiger partial charge in [-0.3, -0.25) is 0 Å². The number of hydrogen-bond donors (Lipinski definition) is 0. The molecule has 0 aromatic rings. The minimum Gasteiger partial charge on any atom is -0.304 e. The van der Waals surface area contributed by atoms with Crippen molar-refractivity contribution in [2.75, 3.05) is 13.6 Å². The van der Waals surface area contributed by atoms with Gasteiger partial charge in [0, 0.05) is 6.04 Å². The van der Waals surface area contributed by atoms with E-state index in [1.165, 1.54) is 25.8 Å². The molecule has 0 aliphatic heterocycles. The van der Waals surface area contributed by atoms with Crippen LogP contribution in [0.4, 0.5) is 0 Å². The molecule has 0 spiro atoms. The lowest BCUT2D eigenvalue weighted by molar-refractivity contribution is 0.254. The van der Waals surface area contributed by atoms with Crippen LogP contribution in [0.15, 0.2) is 0 Å². The number of unbranched alkanes of at least 4 members (excludes halogenated alkanes) is 1. The molecule has 0 aliphatic carbocycles. The molecule has 0 saturated heterocycles. The van der Waals surface area contributed by atoms with Gasteiger partial charge >= 0.3 is 0 Å². The second kappa shape index (κ2) is 18.7. The quantitative estimate of drug-likeness (QED) is 0.632. The summed E-state index contributed by atoms with van der Waals surface area (Å²) < 4.78 is 0. The second-order valence-electron chi connectivity index (χ2n) is 3.06. The monoisotopic (exact) mass is 203 g/mol. The van der Waals surface area contributed by atoms with Gasteiger partial charge in [-0.05, 0) is 26.9 Å². The maximum absolute atomic E-state index is 2.40. The lowest BCUT2D eigenvalue weighted by atomic mass is 10.1. The molecule has 90 valence electrons. The van der Waals surface area contributed by atoms with Gasteiger partial charge in [0.05, 0.1) is 0 Å². The summed E-state index contributed by atoms with van der Waals surface area (Å²) in [5.41, 5.74) is 0. The van der Waals surface area contributed by atoms with Gasteiger partial charge in [-0.2, -0.15) is 0 Å². The van der Waals surface area contributed by atoms with Gasteiger partial charge in [0.1, 0.15) is 0 Å². The Morgan fingerprint density at radius 2 is 1.43 bits per heavy atom. The predicted molar refractivity (Wildman–Crippen MR) is 70.0 cm³/mol. The maximum Gasteiger partial charge on any atom is 0.00637 e. The van der Waals surface area contributed by atoms with Crippen LogP contribution in [-0.4, -0.2) is 24.5 Å². The first kappa shape index (κ1) is 19.5. The van der Waals surface area contributed by atoms with Crippen LogP contribution in [0.1, 0.15) is 67.7 Å². The second-order valence-corrected chi connectivity index (χ2v) is 3.06. The average Bonchev–Trinajstić information content (AvgIpc) is 2.30. The van der Waals surface area contributed by atoms with E-state index < -0.39 is 0 Å². The van der Waals surface area contributed by atoms with E-state index in [0.717, 1.165) is 6.04 Å². The summed E-state index contributed by atoms with van der Waals surface area (Å²) >= 11 is 0. The summed E-state index contributed by atoms with van der Waals surface area (Å²) in [6.45, 7) is 15.9. The van der Waals surface area contributed by atoms with Gasteiger partial charge in [0.25, 0.3) is 0 Å². The molecule has 1 atom stereocenters. The van der Waals surface area contributed by atoms with Crippen LogP contribution in [0.2, 0.25) is 0 Å². The number of rotatable bonds is 5. The van der Waals surface area contributed by atoms with Crippen molar-refractivity contribution in [3.8, 4) is 0 Å². The molecule has 1 heteroatoms. The van der Waals surface area contributed by atoms with Gasteiger partial charge in [-0.1, -0.05) is 54.4 Å². The lowest BCUT2D eigenvalue weighted by Gasteiger charge is -2.22. The summed E-state index contributed by atoms with van der Waals surface area (Å²) in [4.78, 5) is 2.40. The Labute approximate surface area is 92.9 Å². The van der Waals surface area contributed by atoms with Crippen LogP contribution < -0.4 is 0 Å². The van der Waals surface area contributed by atoms with Gasteiger partial charge in [-0.15, -0.1) is 0 Å². The van der Waals surface area contributed by atoms with Gasteiger partial charge in [0.15, 0.2) is 0 Å². The molecule has 0 fully saturated rings. The number of hydrogen-bond acceptors (Lipinski definition) is 1. The van der Waals surface area contributed by atoms with E-state index in [-0.39, 0.29) is 0 Å². The van der Waals surface area contributed by atoms with Crippen LogP contribution in [-0.2, 0) is 0 Å². The van der Waals surface area contributed by atoms with Gasteiger partial charge in [0.2, 0.25) is 0 Å². The molecule has 0 rings (SSSR count). The first-order chi connectivity index (χ1) is 6.72. The highest BCUT2D eigenvalue weighted by Crippen LogP contribution is 2.04. The van der Waals surface area contributed by atoms with E-state index in [9.17, 15) is 0 Å². The molecule has 1 nitrogen and oxygen atoms in total. The van der Waals surface area contributed by atoms with Crippen molar-refractivity contribution in [3.63, 3.8) is 0 Å². The molecule has 0 saturated carbocycles. The molecule has 1 unspecified atom stereocenters. The average molecular weight is 203 g/mol. The van der Waals surface area contributed by atoms with Crippen LogP contribution in [0.3, 0.4) is 0 Å². The summed E-state index contributed by atoms with van der Waals surface area (Å²) in [6.07, 6.45) is 4.04. The highest BCUT2D eigenvalue weighted by atomic mass is 15.1. The van der Waals surface area contributed by atoms with E-state index in [4.69, 9.17) is 0 Å². The minimum absolute atomic E-state index is 0.768. The Morgan fingerprint density at radius 1 is 1.00 bits per heavy atom. The van der Waals surface area contributed by atoms with Crippen LogP contribution in [0.5, 0.6) is 0 Å². The summed E-state index contributed by atoms with van der Waals surface area (Å²) in [5.74, 6) is 0. The largest absolute Gasteiger partial charge is 0.304 e. The van der Waals surface area contributed by atoms with Crippen molar-refractivity contribution in [1.82, 2.24) is 4.90 Å². The molecule has 0 bridgehead atoms. The van der Waals surface area contributed by atoms with Gasteiger partial charge < -0.3 is 4.90 Å². The molecule has 0 aliphatic rings. The Morgan fingerprint density at radius 3 is 1.71 bits per heavy atom. The van der Waals surface area contributed by atoms with E-state index >= 15 is 0 Å². The number of nitrogens with zero attached hydrogens (tertiary/aromatic N) is 1. The van der Waals surface area contributed by atoms with Crippen molar-refractivity contribution >= 4 is 0 Å². The first-order valence-corrected chi connectivity index (χ1v) is 6.42. The third-order valence-electron chi connectivity index (χ3n) is 2.23. The molecule has 0 amide bonds. The molecular formula is C13H33N.